The summed E-state index contributed by atoms with van der Waals surface area (Å²) < 4.78 is 28.6. The monoisotopic (exact) mass is 573 g/mol. The number of hydrogen-bond donors (Lipinski definition) is 1. The van der Waals surface area contributed by atoms with Gasteiger partial charge in [-0.05, 0) is 87.3 Å². The van der Waals surface area contributed by atoms with Crippen LogP contribution in [0, 0.1) is 24.5 Å². The number of halogens is 3. The number of aryl methyl sites for hydroxylation is 1. The Hall–Kier alpha value is -2.51. The third kappa shape index (κ3) is 6.52. The number of nitrogens with one attached hydrogen (secondary N) is 1. The molecular formula is C32H42ClF2N3O2. The third-order valence-electron chi connectivity index (χ3n) is 8.72. The normalized spacial score (nSPS) is 21.5. The lowest BCUT2D eigenvalue weighted by Gasteiger charge is -2.36. The Morgan fingerprint density at radius 2 is 1.75 bits per heavy atom. The maximum Gasteiger partial charge on any atom is 0.227 e. The van der Waals surface area contributed by atoms with E-state index in [-0.39, 0.29) is 35.2 Å². The minimum absolute atomic E-state index is 0.0331. The van der Waals surface area contributed by atoms with Gasteiger partial charge < -0.3 is 10.2 Å². The predicted octanol–water partition coefficient (Wildman–Crippen LogP) is 6.73. The van der Waals surface area contributed by atoms with Crippen LogP contribution in [0.2, 0.25) is 5.02 Å². The molecule has 2 saturated heterocycles. The van der Waals surface area contributed by atoms with Gasteiger partial charge in [0.25, 0.3) is 0 Å². The fourth-order valence-electron chi connectivity index (χ4n) is 6.38. The number of likely N-dealkylation sites (tertiary alicyclic amines) is 2. The van der Waals surface area contributed by atoms with Crippen molar-refractivity contribution in [3.8, 4) is 0 Å². The fraction of sp³-hybridized carbons (Fsp3) is 0.562. The average Bonchev–Trinajstić information content (AvgIpc) is 3.34. The number of nitrogens with zero attached hydrogens (tertiary/aromatic N) is 2. The summed E-state index contributed by atoms with van der Waals surface area (Å²) in [6.07, 6.45) is 2.32. The maximum absolute atomic E-state index is 14.9. The molecule has 2 unspecified atom stereocenters. The molecule has 2 aromatic rings. The largest absolute Gasteiger partial charge is 0.350 e. The summed E-state index contributed by atoms with van der Waals surface area (Å²) in [5.74, 6) is -1.77. The quantitative estimate of drug-likeness (QED) is 0.417. The molecule has 2 amide bonds. The van der Waals surface area contributed by atoms with Gasteiger partial charge in [0.1, 0.15) is 11.6 Å². The summed E-state index contributed by atoms with van der Waals surface area (Å²) in [7, 11) is 0. The molecule has 8 heteroatoms. The van der Waals surface area contributed by atoms with Gasteiger partial charge in [0.2, 0.25) is 11.8 Å². The Balaban J connectivity index is 1.55. The van der Waals surface area contributed by atoms with Crippen molar-refractivity contribution in [2.45, 2.75) is 84.2 Å². The molecule has 40 heavy (non-hydrogen) atoms. The molecular weight excluding hydrogens is 532 g/mol. The van der Waals surface area contributed by atoms with Gasteiger partial charge in [-0.3, -0.25) is 14.5 Å². The van der Waals surface area contributed by atoms with Crippen LogP contribution in [0.4, 0.5) is 8.78 Å². The Bertz CT molecular complexity index is 1250. The van der Waals surface area contributed by atoms with E-state index in [1.165, 1.54) is 19.1 Å². The first-order valence-corrected chi connectivity index (χ1v) is 14.7. The van der Waals surface area contributed by atoms with Gasteiger partial charge in [-0.15, -0.1) is 0 Å². The van der Waals surface area contributed by atoms with E-state index in [2.05, 4.69) is 44.0 Å². The lowest BCUT2D eigenvalue weighted by Crippen LogP contribution is -2.44. The van der Waals surface area contributed by atoms with E-state index in [0.29, 0.717) is 36.8 Å². The Morgan fingerprint density at radius 3 is 2.33 bits per heavy atom. The average molecular weight is 574 g/mol. The molecule has 2 aromatic carbocycles. The van der Waals surface area contributed by atoms with Crippen LogP contribution in [0.15, 0.2) is 30.3 Å². The van der Waals surface area contributed by atoms with Crippen LogP contribution in [-0.2, 0) is 9.59 Å². The van der Waals surface area contributed by atoms with E-state index in [0.717, 1.165) is 42.0 Å². The first kappa shape index (κ1) is 30.4. The summed E-state index contributed by atoms with van der Waals surface area (Å²) in [5, 5.41) is 3.78. The van der Waals surface area contributed by atoms with Gasteiger partial charge in [-0.2, -0.15) is 0 Å². The van der Waals surface area contributed by atoms with Crippen molar-refractivity contribution < 1.29 is 18.4 Å². The van der Waals surface area contributed by atoms with Crippen LogP contribution >= 0.6 is 11.6 Å². The summed E-state index contributed by atoms with van der Waals surface area (Å²) >= 11 is 6.56. The van der Waals surface area contributed by atoms with Crippen molar-refractivity contribution in [1.29, 1.82) is 0 Å². The van der Waals surface area contributed by atoms with Crippen molar-refractivity contribution in [2.24, 2.45) is 5.92 Å². The molecule has 5 nitrogen and oxygen atoms in total. The smallest absolute Gasteiger partial charge is 0.227 e. The molecule has 2 heterocycles. The molecule has 0 spiro atoms. The van der Waals surface area contributed by atoms with Gasteiger partial charge in [0.15, 0.2) is 0 Å². The number of carbonyl (C=O) groups excluding carboxylic acids is 2. The number of rotatable bonds is 6. The Morgan fingerprint density at radius 1 is 1.07 bits per heavy atom. The van der Waals surface area contributed by atoms with Crippen molar-refractivity contribution in [1.82, 2.24) is 15.1 Å². The highest BCUT2D eigenvalue weighted by molar-refractivity contribution is 6.31. The lowest BCUT2D eigenvalue weighted by atomic mass is 9.82. The van der Waals surface area contributed by atoms with Crippen LogP contribution in [0.1, 0.15) is 94.0 Å². The SMILES string of the molecule is CC[C@@H](NC(C)=O)c1cc(C)c(Cl)cc1C1CCN(C(=O)C2CN(C(C)(C)C)CC2c2ccc(F)cc2F)CC1. The zero-order valence-corrected chi connectivity index (χ0v) is 25.2. The van der Waals surface area contributed by atoms with Gasteiger partial charge >= 0.3 is 0 Å². The third-order valence-corrected chi connectivity index (χ3v) is 9.13. The predicted molar refractivity (Wildman–Crippen MR) is 156 cm³/mol. The maximum atomic E-state index is 14.9. The summed E-state index contributed by atoms with van der Waals surface area (Å²) in [5.41, 5.74) is 3.42. The number of carbonyl (C=O) groups is 2. The first-order valence-electron chi connectivity index (χ1n) is 14.4. The molecule has 0 radical (unpaired) electrons. The molecule has 2 aliphatic rings. The highest BCUT2D eigenvalue weighted by Gasteiger charge is 2.45. The van der Waals surface area contributed by atoms with Gasteiger partial charge in [-0.1, -0.05) is 30.7 Å². The second-order valence-electron chi connectivity index (χ2n) is 12.4. The summed E-state index contributed by atoms with van der Waals surface area (Å²) in [4.78, 5) is 30.0. The molecule has 3 atom stereocenters. The number of amides is 2. The van der Waals surface area contributed by atoms with E-state index in [1.807, 2.05) is 17.9 Å². The number of piperidine rings is 1. The summed E-state index contributed by atoms with van der Waals surface area (Å²) in [6.45, 7) is 14.1. The highest BCUT2D eigenvalue weighted by Crippen LogP contribution is 2.41. The van der Waals surface area contributed by atoms with E-state index in [9.17, 15) is 18.4 Å². The topological polar surface area (TPSA) is 52.7 Å². The number of hydrogen-bond acceptors (Lipinski definition) is 3. The van der Waals surface area contributed by atoms with E-state index in [1.54, 1.807) is 0 Å². The van der Waals surface area contributed by atoms with E-state index >= 15 is 0 Å². The van der Waals surface area contributed by atoms with E-state index in [4.69, 9.17) is 11.6 Å². The van der Waals surface area contributed by atoms with Crippen LogP contribution in [0.5, 0.6) is 0 Å². The van der Waals surface area contributed by atoms with Crippen LogP contribution in [0.25, 0.3) is 0 Å². The molecule has 2 fully saturated rings. The second kappa shape index (κ2) is 12.2. The van der Waals surface area contributed by atoms with Crippen molar-refractivity contribution >= 4 is 23.4 Å². The standard InChI is InChI=1S/C32H42ClF2N3O2/c1-7-30(36-20(3)39)25-14-19(2)28(33)16-24(25)21-10-12-37(13-11-21)31(40)27-18-38(32(4,5)6)17-26(27)23-9-8-22(34)15-29(23)35/h8-9,14-16,21,26-27,30H,7,10-13,17-18H2,1-6H3,(H,36,39)/t26?,27?,30-/m1/s1. The van der Waals surface area contributed by atoms with E-state index < -0.39 is 17.6 Å². The molecule has 2 aliphatic heterocycles. The molecule has 0 aromatic heterocycles. The summed E-state index contributed by atoms with van der Waals surface area (Å²) in [6, 6.07) is 7.70. The Labute approximate surface area is 242 Å². The van der Waals surface area contributed by atoms with Gasteiger partial charge in [-0.25, -0.2) is 8.78 Å². The minimum Gasteiger partial charge on any atom is -0.350 e. The van der Waals surface area contributed by atoms with Gasteiger partial charge in [0.05, 0.1) is 12.0 Å². The number of benzene rings is 2. The van der Waals surface area contributed by atoms with Crippen molar-refractivity contribution in [2.75, 3.05) is 26.2 Å². The Kier molecular flexibility index (Phi) is 9.25. The zero-order chi connectivity index (χ0) is 29.4. The van der Waals surface area contributed by atoms with Gasteiger partial charge in [0, 0.05) is 55.6 Å². The second-order valence-corrected chi connectivity index (χ2v) is 12.9. The van der Waals surface area contributed by atoms with Crippen LogP contribution in [-0.4, -0.2) is 53.3 Å². The molecule has 0 bridgehead atoms. The fourth-order valence-corrected chi connectivity index (χ4v) is 6.56. The van der Waals surface area contributed by atoms with Crippen LogP contribution in [0.3, 0.4) is 0 Å². The molecule has 4 rings (SSSR count). The molecule has 218 valence electrons. The van der Waals surface area contributed by atoms with Crippen molar-refractivity contribution in [3.05, 3.63) is 69.2 Å². The zero-order valence-electron chi connectivity index (χ0n) is 24.5. The first-order chi connectivity index (χ1) is 18.8. The minimum atomic E-state index is -0.615. The lowest BCUT2D eigenvalue weighted by molar-refractivity contribution is -0.136. The van der Waals surface area contributed by atoms with Crippen LogP contribution < -0.4 is 5.32 Å². The molecule has 0 aliphatic carbocycles. The highest BCUT2D eigenvalue weighted by atomic mass is 35.5. The molecule has 0 saturated carbocycles. The van der Waals surface area contributed by atoms with Crippen molar-refractivity contribution in [3.63, 3.8) is 0 Å². The molecule has 1 N–H and O–H groups in total.